The Balaban J connectivity index is 1.91. The summed E-state index contributed by atoms with van der Waals surface area (Å²) in [6, 6.07) is 0. The third kappa shape index (κ3) is 6.75. The monoisotopic (exact) mass is 254 g/mol. The van der Waals surface area contributed by atoms with Crippen molar-refractivity contribution in [1.29, 1.82) is 0 Å². The Labute approximate surface area is 115 Å². The molecule has 2 heteroatoms. The van der Waals surface area contributed by atoms with E-state index < -0.39 is 0 Å². The number of likely N-dealkylation sites (tertiary alicyclic amines) is 1. The van der Waals surface area contributed by atoms with Crippen LogP contribution in [-0.4, -0.2) is 37.6 Å². The van der Waals surface area contributed by atoms with Crippen molar-refractivity contribution >= 4 is 0 Å². The fraction of sp³-hybridized carbons (Fsp3) is 1.00. The van der Waals surface area contributed by atoms with Crippen molar-refractivity contribution in [2.24, 2.45) is 11.8 Å². The van der Waals surface area contributed by atoms with E-state index in [-0.39, 0.29) is 0 Å². The molecule has 18 heavy (non-hydrogen) atoms. The first-order valence-corrected chi connectivity index (χ1v) is 8.17. The van der Waals surface area contributed by atoms with Crippen molar-refractivity contribution in [1.82, 2.24) is 10.2 Å². The SMILES string of the molecule is CCNCCCCCCN1CCC(C(C)C)CC1. The molecular weight excluding hydrogens is 220 g/mol. The van der Waals surface area contributed by atoms with Crippen LogP contribution in [-0.2, 0) is 0 Å². The van der Waals surface area contributed by atoms with Crippen molar-refractivity contribution in [2.75, 3.05) is 32.7 Å². The molecular formula is C16H34N2. The molecule has 0 unspecified atom stereocenters. The summed E-state index contributed by atoms with van der Waals surface area (Å²) in [6.45, 7) is 13.3. The third-order valence-corrected chi connectivity index (χ3v) is 4.40. The van der Waals surface area contributed by atoms with E-state index >= 15 is 0 Å². The highest BCUT2D eigenvalue weighted by atomic mass is 15.1. The molecule has 0 saturated carbocycles. The number of nitrogens with zero attached hydrogens (tertiary/aromatic N) is 1. The average Bonchev–Trinajstić information content (AvgIpc) is 2.38. The van der Waals surface area contributed by atoms with Gasteiger partial charge in [-0.15, -0.1) is 0 Å². The molecule has 108 valence electrons. The van der Waals surface area contributed by atoms with Gasteiger partial charge < -0.3 is 10.2 Å². The number of nitrogens with one attached hydrogen (secondary N) is 1. The van der Waals surface area contributed by atoms with Crippen molar-refractivity contribution in [3.05, 3.63) is 0 Å². The Bertz CT molecular complexity index is 184. The molecule has 0 bridgehead atoms. The Morgan fingerprint density at radius 1 is 1.06 bits per heavy atom. The first kappa shape index (κ1) is 16.0. The van der Waals surface area contributed by atoms with Gasteiger partial charge in [0.15, 0.2) is 0 Å². The van der Waals surface area contributed by atoms with Crippen LogP contribution in [0.3, 0.4) is 0 Å². The van der Waals surface area contributed by atoms with Crippen molar-refractivity contribution < 1.29 is 0 Å². The van der Waals surface area contributed by atoms with Crippen LogP contribution in [0.2, 0.25) is 0 Å². The summed E-state index contributed by atoms with van der Waals surface area (Å²) >= 11 is 0. The van der Waals surface area contributed by atoms with E-state index in [9.17, 15) is 0 Å². The van der Waals surface area contributed by atoms with Gasteiger partial charge in [-0.1, -0.05) is 33.6 Å². The van der Waals surface area contributed by atoms with Crippen LogP contribution in [0, 0.1) is 11.8 Å². The molecule has 0 aliphatic carbocycles. The standard InChI is InChI=1S/C16H34N2/c1-4-17-11-7-5-6-8-12-18-13-9-16(10-14-18)15(2)3/h15-17H,4-14H2,1-3H3. The van der Waals surface area contributed by atoms with E-state index in [2.05, 4.69) is 31.0 Å². The molecule has 1 aliphatic rings. The van der Waals surface area contributed by atoms with Gasteiger partial charge in [0.1, 0.15) is 0 Å². The highest BCUT2D eigenvalue weighted by Crippen LogP contribution is 2.24. The van der Waals surface area contributed by atoms with Crippen LogP contribution in [0.4, 0.5) is 0 Å². The van der Waals surface area contributed by atoms with Gasteiger partial charge in [-0.25, -0.2) is 0 Å². The molecule has 0 aromatic rings. The summed E-state index contributed by atoms with van der Waals surface area (Å²) in [5, 5.41) is 3.39. The number of rotatable bonds is 9. The number of unbranched alkanes of at least 4 members (excludes halogenated alkanes) is 3. The molecule has 0 amide bonds. The molecule has 0 atom stereocenters. The summed E-state index contributed by atoms with van der Waals surface area (Å²) in [6.07, 6.45) is 8.42. The molecule has 0 aromatic heterocycles. The zero-order valence-corrected chi connectivity index (χ0v) is 12.9. The fourth-order valence-electron chi connectivity index (χ4n) is 2.96. The second kappa shape index (κ2) is 9.80. The quantitative estimate of drug-likeness (QED) is 0.633. The maximum absolute atomic E-state index is 3.39. The Hall–Kier alpha value is -0.0800. The molecule has 2 nitrogen and oxygen atoms in total. The lowest BCUT2D eigenvalue weighted by molar-refractivity contribution is 0.155. The van der Waals surface area contributed by atoms with E-state index in [1.807, 2.05) is 0 Å². The Morgan fingerprint density at radius 3 is 2.33 bits per heavy atom. The zero-order chi connectivity index (χ0) is 13.2. The van der Waals surface area contributed by atoms with Gasteiger partial charge in [-0.2, -0.15) is 0 Å². The van der Waals surface area contributed by atoms with Gasteiger partial charge >= 0.3 is 0 Å². The smallest absolute Gasteiger partial charge is 0.00160 e. The normalized spacial score (nSPS) is 18.7. The number of hydrogen-bond donors (Lipinski definition) is 1. The first-order valence-electron chi connectivity index (χ1n) is 8.17. The predicted molar refractivity (Wildman–Crippen MR) is 81.0 cm³/mol. The molecule has 1 fully saturated rings. The van der Waals surface area contributed by atoms with Crippen LogP contribution < -0.4 is 5.32 Å². The average molecular weight is 254 g/mol. The van der Waals surface area contributed by atoms with E-state index in [4.69, 9.17) is 0 Å². The largest absolute Gasteiger partial charge is 0.317 e. The summed E-state index contributed by atoms with van der Waals surface area (Å²) < 4.78 is 0. The van der Waals surface area contributed by atoms with Gasteiger partial charge in [-0.05, 0) is 70.2 Å². The number of piperidine rings is 1. The summed E-state index contributed by atoms with van der Waals surface area (Å²) in [4.78, 5) is 2.68. The summed E-state index contributed by atoms with van der Waals surface area (Å²) in [7, 11) is 0. The Kier molecular flexibility index (Phi) is 8.70. The van der Waals surface area contributed by atoms with Gasteiger partial charge in [0.2, 0.25) is 0 Å². The van der Waals surface area contributed by atoms with Crippen LogP contribution >= 0.6 is 0 Å². The first-order chi connectivity index (χ1) is 8.74. The molecule has 0 radical (unpaired) electrons. The predicted octanol–water partition coefficient (Wildman–Crippen LogP) is 3.52. The van der Waals surface area contributed by atoms with Gasteiger partial charge in [0.25, 0.3) is 0 Å². The third-order valence-electron chi connectivity index (χ3n) is 4.40. The Morgan fingerprint density at radius 2 is 1.72 bits per heavy atom. The topological polar surface area (TPSA) is 15.3 Å². The minimum atomic E-state index is 0.887. The van der Waals surface area contributed by atoms with Gasteiger partial charge in [0.05, 0.1) is 0 Å². The van der Waals surface area contributed by atoms with Crippen molar-refractivity contribution in [3.63, 3.8) is 0 Å². The minimum Gasteiger partial charge on any atom is -0.317 e. The van der Waals surface area contributed by atoms with Crippen LogP contribution in [0.25, 0.3) is 0 Å². The molecule has 1 aliphatic heterocycles. The van der Waals surface area contributed by atoms with Crippen molar-refractivity contribution in [2.45, 2.75) is 59.3 Å². The van der Waals surface area contributed by atoms with Crippen LogP contribution in [0.1, 0.15) is 59.3 Å². The van der Waals surface area contributed by atoms with Crippen LogP contribution in [0.5, 0.6) is 0 Å². The van der Waals surface area contributed by atoms with E-state index in [0.717, 1.165) is 18.4 Å². The van der Waals surface area contributed by atoms with Crippen molar-refractivity contribution in [3.8, 4) is 0 Å². The lowest BCUT2D eigenvalue weighted by atomic mass is 9.87. The zero-order valence-electron chi connectivity index (χ0n) is 12.9. The highest BCUT2D eigenvalue weighted by molar-refractivity contribution is 4.74. The lowest BCUT2D eigenvalue weighted by Gasteiger charge is -2.33. The van der Waals surface area contributed by atoms with Crippen LogP contribution in [0.15, 0.2) is 0 Å². The second-order valence-corrected chi connectivity index (χ2v) is 6.19. The molecule has 1 N–H and O–H groups in total. The molecule has 1 saturated heterocycles. The van der Waals surface area contributed by atoms with Gasteiger partial charge in [-0.3, -0.25) is 0 Å². The lowest BCUT2D eigenvalue weighted by Crippen LogP contribution is -2.35. The maximum atomic E-state index is 3.39. The van der Waals surface area contributed by atoms with Gasteiger partial charge in [0, 0.05) is 0 Å². The second-order valence-electron chi connectivity index (χ2n) is 6.19. The maximum Gasteiger partial charge on any atom is -0.00160 e. The molecule has 1 heterocycles. The fourth-order valence-corrected chi connectivity index (χ4v) is 2.96. The number of hydrogen-bond acceptors (Lipinski definition) is 2. The summed E-state index contributed by atoms with van der Waals surface area (Å²) in [5.74, 6) is 1.87. The van der Waals surface area contributed by atoms with E-state index in [1.165, 1.54) is 64.7 Å². The van der Waals surface area contributed by atoms with E-state index in [0.29, 0.717) is 0 Å². The highest BCUT2D eigenvalue weighted by Gasteiger charge is 2.20. The molecule has 0 aromatic carbocycles. The van der Waals surface area contributed by atoms with E-state index in [1.54, 1.807) is 0 Å². The molecule has 0 spiro atoms. The summed E-state index contributed by atoms with van der Waals surface area (Å²) in [5.41, 5.74) is 0. The molecule has 1 rings (SSSR count). The minimum absolute atomic E-state index is 0.887.